The van der Waals surface area contributed by atoms with E-state index in [1.54, 1.807) is 0 Å². The van der Waals surface area contributed by atoms with Crippen molar-refractivity contribution in [1.82, 2.24) is 0 Å². The molecule has 0 radical (unpaired) electrons. The highest BCUT2D eigenvalue weighted by atomic mass is 16.3. The van der Waals surface area contributed by atoms with Crippen LogP contribution in [0.4, 0.5) is 17.1 Å². The second-order valence-electron chi connectivity index (χ2n) is 15.7. The van der Waals surface area contributed by atoms with Crippen LogP contribution in [-0.4, -0.2) is 15.3 Å². The number of aromatic hydroxyl groups is 3. The third-order valence-corrected chi connectivity index (χ3v) is 12.6. The van der Waals surface area contributed by atoms with Crippen molar-refractivity contribution in [1.29, 1.82) is 0 Å². The molecule has 1 aliphatic carbocycles. The van der Waals surface area contributed by atoms with Crippen molar-refractivity contribution >= 4 is 49.4 Å². The smallest absolute Gasteiger partial charge is 0.183 e. The SMILES string of the molecule is Cc1c(O)c(-c2cc3ccccc3c3ccccc23)c(O)c(O)c1N(c1ccc2c(c1)C(c1ccccc1)(c1ccccc1)c1ccccc1-2)c1cccc2ccccc12. The van der Waals surface area contributed by atoms with Crippen LogP contribution in [-0.2, 0) is 5.41 Å². The number of nitrogens with zero attached hydrogens (tertiary/aromatic N) is 1. The molecule has 4 nitrogen and oxygen atoms in total. The summed E-state index contributed by atoms with van der Waals surface area (Å²) >= 11 is 0. The van der Waals surface area contributed by atoms with Gasteiger partial charge in [0.2, 0.25) is 0 Å². The third-order valence-electron chi connectivity index (χ3n) is 12.6. The predicted octanol–water partition coefficient (Wildman–Crippen LogP) is 14.1. The van der Waals surface area contributed by atoms with Crippen LogP contribution in [0.25, 0.3) is 54.6 Å². The van der Waals surface area contributed by atoms with Crippen molar-refractivity contribution in [3.05, 3.63) is 228 Å². The molecule has 60 heavy (non-hydrogen) atoms. The van der Waals surface area contributed by atoms with Gasteiger partial charge in [-0.1, -0.05) is 176 Å². The first-order chi connectivity index (χ1) is 29.5. The average molecular weight is 774 g/mol. The Morgan fingerprint density at radius 3 is 1.70 bits per heavy atom. The fourth-order valence-electron chi connectivity index (χ4n) is 9.97. The summed E-state index contributed by atoms with van der Waals surface area (Å²) in [5.74, 6) is -0.829. The van der Waals surface area contributed by atoms with Gasteiger partial charge in [-0.25, -0.2) is 0 Å². The van der Waals surface area contributed by atoms with E-state index >= 15 is 0 Å². The molecule has 0 aromatic heterocycles. The second-order valence-corrected chi connectivity index (χ2v) is 15.7. The maximum atomic E-state index is 12.6. The quantitative estimate of drug-likeness (QED) is 0.0894. The van der Waals surface area contributed by atoms with Gasteiger partial charge in [0.15, 0.2) is 11.5 Å². The highest BCUT2D eigenvalue weighted by Crippen LogP contribution is 2.60. The van der Waals surface area contributed by atoms with Gasteiger partial charge in [0.1, 0.15) is 5.75 Å². The Balaban J connectivity index is 1.22. The molecule has 0 saturated heterocycles. The van der Waals surface area contributed by atoms with Gasteiger partial charge in [-0.05, 0) is 97.1 Å². The van der Waals surface area contributed by atoms with Crippen LogP contribution >= 0.6 is 0 Å². The molecule has 0 aliphatic heterocycles. The topological polar surface area (TPSA) is 63.9 Å². The third kappa shape index (κ3) is 5.04. The van der Waals surface area contributed by atoms with Crippen molar-refractivity contribution in [2.45, 2.75) is 12.3 Å². The van der Waals surface area contributed by atoms with Crippen LogP contribution in [0.5, 0.6) is 17.2 Å². The summed E-state index contributed by atoms with van der Waals surface area (Å²) < 4.78 is 0. The highest BCUT2D eigenvalue weighted by Gasteiger charge is 2.46. The lowest BCUT2D eigenvalue weighted by Gasteiger charge is -2.35. The van der Waals surface area contributed by atoms with Crippen LogP contribution in [0.15, 0.2) is 200 Å². The molecular formula is C56H39NO3. The van der Waals surface area contributed by atoms with E-state index in [0.29, 0.717) is 11.1 Å². The van der Waals surface area contributed by atoms with E-state index in [2.05, 4.69) is 133 Å². The molecule has 0 amide bonds. The fraction of sp³-hybridized carbons (Fsp3) is 0.0357. The van der Waals surface area contributed by atoms with Crippen LogP contribution in [0.1, 0.15) is 27.8 Å². The Hall–Kier alpha value is -7.82. The van der Waals surface area contributed by atoms with Gasteiger partial charge < -0.3 is 20.2 Å². The maximum Gasteiger partial charge on any atom is 0.183 e. The molecule has 286 valence electrons. The number of benzene rings is 10. The summed E-state index contributed by atoms with van der Waals surface area (Å²) in [6, 6.07) is 68.8. The molecule has 0 fully saturated rings. The van der Waals surface area contributed by atoms with Gasteiger partial charge in [-0.3, -0.25) is 0 Å². The molecule has 0 saturated carbocycles. The lowest BCUT2D eigenvalue weighted by Crippen LogP contribution is -2.28. The summed E-state index contributed by atoms with van der Waals surface area (Å²) in [5, 5.41) is 43.2. The zero-order valence-corrected chi connectivity index (χ0v) is 32.8. The maximum absolute atomic E-state index is 12.6. The predicted molar refractivity (Wildman–Crippen MR) is 246 cm³/mol. The van der Waals surface area contributed by atoms with E-state index < -0.39 is 11.2 Å². The number of hydrogen-bond donors (Lipinski definition) is 3. The Labute approximate surface area is 348 Å². The fourth-order valence-corrected chi connectivity index (χ4v) is 9.97. The summed E-state index contributed by atoms with van der Waals surface area (Å²) in [6.07, 6.45) is 0. The molecule has 3 N–H and O–H groups in total. The molecule has 10 aromatic carbocycles. The normalized spacial score (nSPS) is 12.8. The van der Waals surface area contributed by atoms with E-state index in [4.69, 9.17) is 0 Å². The Bertz CT molecular complexity index is 3250. The van der Waals surface area contributed by atoms with E-state index in [9.17, 15) is 15.3 Å². The minimum absolute atomic E-state index is 0.109. The van der Waals surface area contributed by atoms with Crippen LogP contribution in [0, 0.1) is 6.92 Å². The van der Waals surface area contributed by atoms with Crippen molar-refractivity contribution in [3.63, 3.8) is 0 Å². The Kier molecular flexibility index (Phi) is 8.04. The van der Waals surface area contributed by atoms with Gasteiger partial charge in [0, 0.05) is 16.6 Å². The molecule has 10 aromatic rings. The number of fused-ring (bicyclic) bond motifs is 7. The number of phenolic OH excluding ortho intramolecular Hbond substituents is 3. The van der Waals surface area contributed by atoms with E-state index in [1.807, 2.05) is 78.6 Å². The molecule has 0 bridgehead atoms. The Morgan fingerprint density at radius 2 is 0.967 bits per heavy atom. The van der Waals surface area contributed by atoms with E-state index in [-0.39, 0.29) is 22.7 Å². The van der Waals surface area contributed by atoms with Crippen LogP contribution in [0.2, 0.25) is 0 Å². The van der Waals surface area contributed by atoms with Gasteiger partial charge in [-0.2, -0.15) is 0 Å². The molecule has 0 atom stereocenters. The summed E-state index contributed by atoms with van der Waals surface area (Å²) in [5.41, 5.74) is 9.23. The number of phenols is 3. The number of anilines is 3. The first-order valence-corrected chi connectivity index (χ1v) is 20.3. The monoisotopic (exact) mass is 773 g/mol. The lowest BCUT2D eigenvalue weighted by atomic mass is 9.67. The highest BCUT2D eigenvalue weighted by molar-refractivity contribution is 6.15. The van der Waals surface area contributed by atoms with E-state index in [0.717, 1.165) is 71.5 Å². The minimum Gasteiger partial charge on any atom is -0.507 e. The van der Waals surface area contributed by atoms with Crippen molar-refractivity contribution < 1.29 is 15.3 Å². The molecule has 0 unspecified atom stereocenters. The van der Waals surface area contributed by atoms with Gasteiger partial charge >= 0.3 is 0 Å². The minimum atomic E-state index is -0.669. The van der Waals surface area contributed by atoms with Crippen molar-refractivity contribution in [2.24, 2.45) is 0 Å². The molecule has 0 spiro atoms. The largest absolute Gasteiger partial charge is 0.507 e. The Morgan fingerprint density at radius 1 is 0.400 bits per heavy atom. The average Bonchev–Trinajstić information content (AvgIpc) is 3.60. The molecule has 11 rings (SSSR count). The molecule has 1 aliphatic rings. The van der Waals surface area contributed by atoms with Crippen LogP contribution in [0.3, 0.4) is 0 Å². The first kappa shape index (κ1) is 35.4. The summed E-state index contributed by atoms with van der Waals surface area (Å²) in [6.45, 7) is 1.82. The van der Waals surface area contributed by atoms with Gasteiger partial charge in [0.25, 0.3) is 0 Å². The zero-order valence-electron chi connectivity index (χ0n) is 32.8. The first-order valence-electron chi connectivity index (χ1n) is 20.3. The van der Waals surface area contributed by atoms with Gasteiger partial charge in [0.05, 0.1) is 22.4 Å². The number of hydrogen-bond acceptors (Lipinski definition) is 4. The molecule has 0 heterocycles. The summed E-state index contributed by atoms with van der Waals surface area (Å²) in [7, 11) is 0. The van der Waals surface area contributed by atoms with Gasteiger partial charge in [-0.15, -0.1) is 0 Å². The standard InChI is InChI=1S/C56H39NO3/c1-35-52(55(60)54(59)51(53(35)58)47-33-37-18-9-10-24-41(37)43-26-12-13-27-44(43)47)57(50-30-16-19-36-17-8-11-25-42(36)50)40-31-32-46-45-28-14-15-29-48(45)56(49(46)34-40,38-20-4-2-5-21-38)39-22-6-3-7-23-39/h2-34,58-60H,1H3. The lowest BCUT2D eigenvalue weighted by molar-refractivity contribution is 0.399. The van der Waals surface area contributed by atoms with Crippen molar-refractivity contribution in [3.8, 4) is 39.5 Å². The molecular weight excluding hydrogens is 735 g/mol. The van der Waals surface area contributed by atoms with Crippen molar-refractivity contribution in [2.75, 3.05) is 4.90 Å². The van der Waals surface area contributed by atoms with Crippen LogP contribution < -0.4 is 4.90 Å². The number of rotatable bonds is 6. The summed E-state index contributed by atoms with van der Waals surface area (Å²) in [4.78, 5) is 2.00. The molecule has 4 heteroatoms. The second kappa shape index (κ2) is 13.6. The zero-order chi connectivity index (χ0) is 40.5. The van der Waals surface area contributed by atoms with E-state index in [1.165, 1.54) is 5.56 Å².